The van der Waals surface area contributed by atoms with Crippen molar-refractivity contribution in [3.63, 3.8) is 0 Å². The molecule has 7 nitrogen and oxygen atoms in total. The molecule has 2 aliphatic rings. The standard InChI is InChI=1S/C28H28FN5O2/c29-21-4-1-3-19(17-21)24-5-2-12-34(24)25-18-20-10-11-30-28(35)26(20)27(32-25)31-22-6-8-23(9-7-22)33-13-15-36-16-14-33/h1,3-4,6-11,17-18,24H,2,5,12-16H2,(H,30,35)(H,31,32). The number of ether oxygens (including phenoxy) is 1. The summed E-state index contributed by atoms with van der Waals surface area (Å²) in [5.41, 5.74) is 2.74. The summed E-state index contributed by atoms with van der Waals surface area (Å²) in [4.78, 5) is 25.0. The predicted octanol–water partition coefficient (Wildman–Crippen LogP) is 4.98. The maximum absolute atomic E-state index is 14.0. The van der Waals surface area contributed by atoms with Crippen molar-refractivity contribution in [1.29, 1.82) is 0 Å². The molecular weight excluding hydrogens is 457 g/mol. The number of fused-ring (bicyclic) bond motifs is 1. The summed E-state index contributed by atoms with van der Waals surface area (Å²) >= 11 is 0. The van der Waals surface area contributed by atoms with E-state index in [2.05, 4.69) is 32.2 Å². The van der Waals surface area contributed by atoms with Crippen LogP contribution in [0, 0.1) is 5.82 Å². The van der Waals surface area contributed by atoms with Gasteiger partial charge < -0.3 is 24.8 Å². The molecule has 6 rings (SSSR count). The molecule has 2 N–H and O–H groups in total. The zero-order chi connectivity index (χ0) is 24.5. The number of H-pyrrole nitrogens is 1. The minimum absolute atomic E-state index is 0.0355. The molecule has 0 amide bonds. The van der Waals surface area contributed by atoms with E-state index in [1.54, 1.807) is 18.3 Å². The molecule has 2 aromatic carbocycles. The van der Waals surface area contributed by atoms with Gasteiger partial charge in [0.05, 0.1) is 24.6 Å². The Kier molecular flexibility index (Phi) is 6.03. The van der Waals surface area contributed by atoms with Crippen molar-refractivity contribution in [1.82, 2.24) is 9.97 Å². The third kappa shape index (κ3) is 4.40. The van der Waals surface area contributed by atoms with Gasteiger partial charge in [0.15, 0.2) is 0 Å². The first kappa shape index (κ1) is 22.5. The van der Waals surface area contributed by atoms with Crippen LogP contribution in [0.3, 0.4) is 0 Å². The third-order valence-corrected chi connectivity index (χ3v) is 7.03. The summed E-state index contributed by atoms with van der Waals surface area (Å²) in [7, 11) is 0. The second kappa shape index (κ2) is 9.62. The quantitative estimate of drug-likeness (QED) is 0.415. The van der Waals surface area contributed by atoms with Crippen LogP contribution < -0.4 is 20.7 Å². The molecule has 36 heavy (non-hydrogen) atoms. The molecule has 184 valence electrons. The Balaban J connectivity index is 1.35. The van der Waals surface area contributed by atoms with E-state index in [9.17, 15) is 9.18 Å². The molecule has 4 heterocycles. The van der Waals surface area contributed by atoms with E-state index >= 15 is 0 Å². The van der Waals surface area contributed by atoms with Crippen LogP contribution in [0.1, 0.15) is 24.4 Å². The van der Waals surface area contributed by atoms with E-state index in [4.69, 9.17) is 9.72 Å². The fourth-order valence-corrected chi connectivity index (χ4v) is 5.25. The van der Waals surface area contributed by atoms with E-state index in [0.29, 0.717) is 11.2 Å². The Hall–Kier alpha value is -3.91. The largest absolute Gasteiger partial charge is 0.378 e. The highest BCUT2D eigenvalue weighted by Crippen LogP contribution is 2.37. The van der Waals surface area contributed by atoms with E-state index in [-0.39, 0.29) is 17.4 Å². The van der Waals surface area contributed by atoms with Crippen LogP contribution in [0.15, 0.2) is 71.7 Å². The molecule has 0 radical (unpaired) electrons. The maximum atomic E-state index is 14.0. The topological polar surface area (TPSA) is 73.5 Å². The fraction of sp³-hybridized carbons (Fsp3) is 0.286. The Morgan fingerprint density at radius 3 is 2.67 bits per heavy atom. The van der Waals surface area contributed by atoms with E-state index in [1.807, 2.05) is 30.3 Å². The average Bonchev–Trinajstić information content (AvgIpc) is 3.40. The summed E-state index contributed by atoms with van der Waals surface area (Å²) in [6.45, 7) is 4.03. The monoisotopic (exact) mass is 485 g/mol. The molecule has 0 bridgehead atoms. The molecule has 8 heteroatoms. The molecule has 4 aromatic rings. The van der Waals surface area contributed by atoms with Crippen molar-refractivity contribution in [3.8, 4) is 0 Å². The summed E-state index contributed by atoms with van der Waals surface area (Å²) < 4.78 is 19.4. The van der Waals surface area contributed by atoms with Crippen molar-refractivity contribution in [2.45, 2.75) is 18.9 Å². The zero-order valence-corrected chi connectivity index (χ0v) is 19.9. The molecule has 0 spiro atoms. The van der Waals surface area contributed by atoms with Crippen LogP contribution in [0.5, 0.6) is 0 Å². The zero-order valence-electron chi connectivity index (χ0n) is 19.9. The van der Waals surface area contributed by atoms with Crippen LogP contribution in [-0.2, 0) is 4.74 Å². The number of aromatic nitrogens is 2. The van der Waals surface area contributed by atoms with Gasteiger partial charge in [-0.15, -0.1) is 0 Å². The van der Waals surface area contributed by atoms with Gasteiger partial charge in [-0.05, 0) is 72.3 Å². The predicted molar refractivity (Wildman–Crippen MR) is 141 cm³/mol. The van der Waals surface area contributed by atoms with Crippen molar-refractivity contribution in [2.24, 2.45) is 0 Å². The summed E-state index contributed by atoms with van der Waals surface area (Å²) in [5.74, 6) is 1.04. The third-order valence-electron chi connectivity index (χ3n) is 7.03. The summed E-state index contributed by atoms with van der Waals surface area (Å²) in [5, 5.41) is 4.70. The van der Waals surface area contributed by atoms with E-state index in [1.165, 1.54) is 6.07 Å². The maximum Gasteiger partial charge on any atom is 0.259 e. The molecule has 2 aromatic heterocycles. The first-order valence-corrected chi connectivity index (χ1v) is 12.4. The Morgan fingerprint density at radius 2 is 1.86 bits per heavy atom. The minimum Gasteiger partial charge on any atom is -0.378 e. The number of aromatic amines is 1. The molecular formula is C28H28FN5O2. The SMILES string of the molecule is O=c1[nH]ccc2cc(N3CCCC3c3cccc(F)c3)nc(Nc3ccc(N4CCOCC4)cc3)c12. The van der Waals surface area contributed by atoms with Gasteiger partial charge in [-0.3, -0.25) is 4.79 Å². The smallest absolute Gasteiger partial charge is 0.259 e. The van der Waals surface area contributed by atoms with Crippen molar-refractivity contribution in [2.75, 3.05) is 48.0 Å². The number of hydrogen-bond donors (Lipinski definition) is 2. The second-order valence-corrected chi connectivity index (χ2v) is 9.28. The average molecular weight is 486 g/mol. The normalized spacial score (nSPS) is 18.1. The first-order valence-electron chi connectivity index (χ1n) is 12.4. The summed E-state index contributed by atoms with van der Waals surface area (Å²) in [6, 6.07) is 18.8. The molecule has 2 saturated heterocycles. The lowest BCUT2D eigenvalue weighted by Crippen LogP contribution is -2.36. The van der Waals surface area contributed by atoms with Gasteiger partial charge >= 0.3 is 0 Å². The lowest BCUT2D eigenvalue weighted by Gasteiger charge is -2.29. The molecule has 2 fully saturated rings. The molecule has 1 unspecified atom stereocenters. The number of nitrogens with zero attached hydrogens (tertiary/aromatic N) is 3. The van der Waals surface area contributed by atoms with Crippen LogP contribution in [0.4, 0.5) is 27.4 Å². The van der Waals surface area contributed by atoms with Gasteiger partial charge in [0.2, 0.25) is 0 Å². The fourth-order valence-electron chi connectivity index (χ4n) is 5.25. The van der Waals surface area contributed by atoms with Crippen LogP contribution in [-0.4, -0.2) is 42.8 Å². The van der Waals surface area contributed by atoms with Gasteiger partial charge in [-0.2, -0.15) is 0 Å². The highest BCUT2D eigenvalue weighted by Gasteiger charge is 2.28. The van der Waals surface area contributed by atoms with Gasteiger partial charge in [0.1, 0.15) is 17.5 Å². The highest BCUT2D eigenvalue weighted by molar-refractivity contribution is 5.94. The Morgan fingerprint density at radius 1 is 1.03 bits per heavy atom. The number of halogens is 1. The van der Waals surface area contributed by atoms with E-state index in [0.717, 1.165) is 73.8 Å². The Labute approximate surface area is 208 Å². The number of morpholine rings is 1. The van der Waals surface area contributed by atoms with Gasteiger partial charge in [-0.25, -0.2) is 9.37 Å². The summed E-state index contributed by atoms with van der Waals surface area (Å²) in [6.07, 6.45) is 3.57. The first-order chi connectivity index (χ1) is 17.7. The van der Waals surface area contributed by atoms with Crippen LogP contribution in [0.25, 0.3) is 10.8 Å². The van der Waals surface area contributed by atoms with Crippen LogP contribution >= 0.6 is 0 Å². The number of nitrogens with one attached hydrogen (secondary N) is 2. The van der Waals surface area contributed by atoms with Gasteiger partial charge in [0, 0.05) is 37.2 Å². The number of hydrogen-bond acceptors (Lipinski definition) is 6. The molecule has 1 atom stereocenters. The van der Waals surface area contributed by atoms with Gasteiger partial charge in [-0.1, -0.05) is 12.1 Å². The molecule has 2 aliphatic heterocycles. The number of benzene rings is 2. The van der Waals surface area contributed by atoms with Crippen molar-refractivity contribution in [3.05, 3.63) is 88.6 Å². The van der Waals surface area contributed by atoms with Crippen molar-refractivity contribution < 1.29 is 9.13 Å². The lowest BCUT2D eigenvalue weighted by atomic mass is 10.0. The minimum atomic E-state index is -0.236. The second-order valence-electron chi connectivity index (χ2n) is 9.28. The molecule has 0 aliphatic carbocycles. The van der Waals surface area contributed by atoms with Gasteiger partial charge in [0.25, 0.3) is 5.56 Å². The highest BCUT2D eigenvalue weighted by atomic mass is 19.1. The van der Waals surface area contributed by atoms with Crippen molar-refractivity contribution >= 4 is 33.8 Å². The Bertz CT molecular complexity index is 1430. The van der Waals surface area contributed by atoms with Crippen LogP contribution in [0.2, 0.25) is 0 Å². The molecule has 0 saturated carbocycles. The van der Waals surface area contributed by atoms with E-state index < -0.39 is 0 Å². The number of pyridine rings is 2. The lowest BCUT2D eigenvalue weighted by molar-refractivity contribution is 0.122. The number of rotatable bonds is 5. The number of anilines is 4.